The zero-order valence-corrected chi connectivity index (χ0v) is 13.0. The molecule has 0 aliphatic heterocycles. The molecule has 0 fully saturated rings. The molecule has 2 aromatic rings. The number of hydrogen-bond donors (Lipinski definition) is 1. The molecule has 0 radical (unpaired) electrons. The fraction of sp³-hybridized carbons (Fsp3) is 0.389. The van der Waals surface area contributed by atoms with Crippen LogP contribution in [0.1, 0.15) is 19.8 Å². The Balaban J connectivity index is 1.86. The molecule has 4 heteroatoms. The lowest BCUT2D eigenvalue weighted by Crippen LogP contribution is -2.32. The van der Waals surface area contributed by atoms with Crippen LogP contribution in [0, 0.1) is 0 Å². The highest BCUT2D eigenvalue weighted by atomic mass is 16.5. The van der Waals surface area contributed by atoms with Gasteiger partial charge in [0.05, 0.1) is 13.2 Å². The second-order valence-electron chi connectivity index (χ2n) is 5.35. The van der Waals surface area contributed by atoms with Crippen molar-refractivity contribution in [1.29, 1.82) is 0 Å². The molecule has 0 aromatic heterocycles. The Bertz CT molecular complexity index is 607. The summed E-state index contributed by atoms with van der Waals surface area (Å²) in [7, 11) is 0. The van der Waals surface area contributed by atoms with E-state index < -0.39 is 5.97 Å². The second kappa shape index (κ2) is 8.39. The molecular weight excluding hydrogens is 278 g/mol. The summed E-state index contributed by atoms with van der Waals surface area (Å²) in [5.41, 5.74) is 0. The predicted molar refractivity (Wildman–Crippen MR) is 88.4 cm³/mol. The van der Waals surface area contributed by atoms with E-state index in [2.05, 4.69) is 25.1 Å². The van der Waals surface area contributed by atoms with Gasteiger partial charge in [-0.3, -0.25) is 9.69 Å². The van der Waals surface area contributed by atoms with Crippen molar-refractivity contribution < 1.29 is 14.6 Å². The summed E-state index contributed by atoms with van der Waals surface area (Å²) in [5, 5.41) is 11.2. The fourth-order valence-corrected chi connectivity index (χ4v) is 2.57. The Morgan fingerprint density at radius 1 is 1.14 bits per heavy atom. The molecule has 0 saturated heterocycles. The number of ether oxygens (including phenoxy) is 1. The molecule has 0 spiro atoms. The minimum atomic E-state index is -0.775. The normalized spacial score (nSPS) is 11.0. The molecule has 0 aliphatic rings. The van der Waals surface area contributed by atoms with E-state index in [0.29, 0.717) is 6.61 Å². The molecular formula is C18H23NO3. The third kappa shape index (κ3) is 4.74. The first kappa shape index (κ1) is 16.3. The van der Waals surface area contributed by atoms with Crippen LogP contribution in [0.25, 0.3) is 10.8 Å². The number of carbonyl (C=O) groups is 1. The Morgan fingerprint density at radius 3 is 2.68 bits per heavy atom. The zero-order chi connectivity index (χ0) is 15.8. The molecule has 0 aliphatic carbocycles. The van der Waals surface area contributed by atoms with E-state index in [1.807, 2.05) is 29.2 Å². The van der Waals surface area contributed by atoms with Crippen LogP contribution >= 0.6 is 0 Å². The number of carboxylic acids is 1. The Morgan fingerprint density at radius 2 is 1.91 bits per heavy atom. The number of aliphatic carboxylic acids is 1. The lowest BCUT2D eigenvalue weighted by molar-refractivity contribution is -0.138. The first-order valence-electron chi connectivity index (χ1n) is 7.75. The number of carboxylic acid groups (broad SMARTS) is 1. The predicted octanol–water partition coefficient (Wildman–Crippen LogP) is 3.41. The summed E-state index contributed by atoms with van der Waals surface area (Å²) >= 11 is 0. The van der Waals surface area contributed by atoms with Gasteiger partial charge in [-0.2, -0.15) is 0 Å². The van der Waals surface area contributed by atoms with Crippen LogP contribution < -0.4 is 4.74 Å². The van der Waals surface area contributed by atoms with Gasteiger partial charge >= 0.3 is 5.97 Å². The highest BCUT2D eigenvalue weighted by Crippen LogP contribution is 2.25. The third-order valence-corrected chi connectivity index (χ3v) is 3.52. The molecule has 0 unspecified atom stereocenters. The quantitative estimate of drug-likeness (QED) is 0.721. The smallest absolute Gasteiger partial charge is 0.317 e. The SMILES string of the molecule is CCCN(CCCOc1cccc2ccccc12)CC(=O)O. The van der Waals surface area contributed by atoms with Gasteiger partial charge in [-0.05, 0) is 30.8 Å². The maximum atomic E-state index is 10.8. The van der Waals surface area contributed by atoms with E-state index in [1.54, 1.807) is 0 Å². The van der Waals surface area contributed by atoms with Crippen molar-refractivity contribution in [3.63, 3.8) is 0 Å². The molecule has 2 rings (SSSR count). The standard InChI is InChI=1S/C18H23NO3/c1-2-11-19(14-18(20)21)12-6-13-22-17-10-5-8-15-7-3-4-9-16(15)17/h3-5,7-10H,2,6,11-14H2,1H3,(H,20,21). The highest BCUT2D eigenvalue weighted by Gasteiger charge is 2.08. The fourth-order valence-electron chi connectivity index (χ4n) is 2.57. The molecule has 22 heavy (non-hydrogen) atoms. The van der Waals surface area contributed by atoms with Crippen LogP contribution in [0.15, 0.2) is 42.5 Å². The molecule has 0 saturated carbocycles. The molecule has 4 nitrogen and oxygen atoms in total. The Hall–Kier alpha value is -2.07. The largest absolute Gasteiger partial charge is 0.493 e. The number of fused-ring (bicyclic) bond motifs is 1. The van der Waals surface area contributed by atoms with E-state index in [0.717, 1.165) is 37.1 Å². The summed E-state index contributed by atoms with van der Waals surface area (Å²) in [5.74, 6) is 0.113. The lowest BCUT2D eigenvalue weighted by Gasteiger charge is -2.19. The highest BCUT2D eigenvalue weighted by molar-refractivity contribution is 5.88. The third-order valence-electron chi connectivity index (χ3n) is 3.52. The summed E-state index contributed by atoms with van der Waals surface area (Å²) in [4.78, 5) is 12.8. The molecule has 118 valence electrons. The summed E-state index contributed by atoms with van der Waals surface area (Å²) < 4.78 is 5.88. The maximum Gasteiger partial charge on any atom is 0.317 e. The summed E-state index contributed by atoms with van der Waals surface area (Å²) in [6, 6.07) is 14.2. The molecule has 0 heterocycles. The van der Waals surface area contributed by atoms with E-state index in [4.69, 9.17) is 9.84 Å². The van der Waals surface area contributed by atoms with Gasteiger partial charge in [-0.1, -0.05) is 43.3 Å². The minimum Gasteiger partial charge on any atom is -0.493 e. The van der Waals surface area contributed by atoms with Gasteiger partial charge in [0.2, 0.25) is 0 Å². The van der Waals surface area contributed by atoms with Gasteiger partial charge < -0.3 is 9.84 Å². The van der Waals surface area contributed by atoms with Crippen molar-refractivity contribution in [2.45, 2.75) is 19.8 Å². The maximum absolute atomic E-state index is 10.8. The number of nitrogens with zero attached hydrogens (tertiary/aromatic N) is 1. The number of benzene rings is 2. The van der Waals surface area contributed by atoms with E-state index in [-0.39, 0.29) is 6.54 Å². The Kier molecular flexibility index (Phi) is 6.22. The van der Waals surface area contributed by atoms with Crippen molar-refractivity contribution >= 4 is 16.7 Å². The average molecular weight is 301 g/mol. The monoisotopic (exact) mass is 301 g/mol. The zero-order valence-electron chi connectivity index (χ0n) is 13.0. The van der Waals surface area contributed by atoms with Gasteiger partial charge in [0, 0.05) is 11.9 Å². The molecule has 0 amide bonds. The van der Waals surface area contributed by atoms with Gasteiger partial charge in [0.25, 0.3) is 0 Å². The van der Waals surface area contributed by atoms with Crippen molar-refractivity contribution in [2.24, 2.45) is 0 Å². The second-order valence-corrected chi connectivity index (χ2v) is 5.35. The van der Waals surface area contributed by atoms with Gasteiger partial charge in [0.1, 0.15) is 5.75 Å². The van der Waals surface area contributed by atoms with E-state index >= 15 is 0 Å². The molecule has 2 aromatic carbocycles. The number of rotatable bonds is 9. The van der Waals surface area contributed by atoms with Crippen molar-refractivity contribution in [1.82, 2.24) is 4.90 Å². The lowest BCUT2D eigenvalue weighted by atomic mass is 10.1. The average Bonchev–Trinajstić information content (AvgIpc) is 2.51. The van der Waals surface area contributed by atoms with Crippen molar-refractivity contribution in [3.8, 4) is 5.75 Å². The van der Waals surface area contributed by atoms with Crippen LogP contribution in [0.4, 0.5) is 0 Å². The van der Waals surface area contributed by atoms with Gasteiger partial charge in [-0.25, -0.2) is 0 Å². The summed E-state index contributed by atoms with van der Waals surface area (Å²) in [6.45, 7) is 4.29. The molecule has 0 atom stereocenters. The van der Waals surface area contributed by atoms with Crippen LogP contribution in [0.2, 0.25) is 0 Å². The Labute approximate surface area is 131 Å². The van der Waals surface area contributed by atoms with Crippen LogP contribution in [-0.2, 0) is 4.79 Å². The first-order chi connectivity index (χ1) is 10.7. The van der Waals surface area contributed by atoms with E-state index in [9.17, 15) is 4.79 Å². The number of hydrogen-bond acceptors (Lipinski definition) is 3. The topological polar surface area (TPSA) is 49.8 Å². The van der Waals surface area contributed by atoms with Crippen LogP contribution in [0.3, 0.4) is 0 Å². The molecule has 0 bridgehead atoms. The van der Waals surface area contributed by atoms with Crippen molar-refractivity contribution in [2.75, 3.05) is 26.2 Å². The summed E-state index contributed by atoms with van der Waals surface area (Å²) in [6.07, 6.45) is 1.77. The van der Waals surface area contributed by atoms with E-state index in [1.165, 1.54) is 5.39 Å². The van der Waals surface area contributed by atoms with Gasteiger partial charge in [0.15, 0.2) is 0 Å². The van der Waals surface area contributed by atoms with Crippen molar-refractivity contribution in [3.05, 3.63) is 42.5 Å². The van der Waals surface area contributed by atoms with Crippen LogP contribution in [-0.4, -0.2) is 42.2 Å². The van der Waals surface area contributed by atoms with Gasteiger partial charge in [-0.15, -0.1) is 0 Å². The minimum absolute atomic E-state index is 0.0993. The molecule has 1 N–H and O–H groups in total. The first-order valence-corrected chi connectivity index (χ1v) is 7.75. The van der Waals surface area contributed by atoms with Crippen LogP contribution in [0.5, 0.6) is 5.75 Å².